The van der Waals surface area contributed by atoms with Gasteiger partial charge in [-0.05, 0) is 15.9 Å². The van der Waals surface area contributed by atoms with Crippen LogP contribution in [0.1, 0.15) is 5.56 Å². The monoisotopic (exact) mass is 322 g/mol. The van der Waals surface area contributed by atoms with E-state index in [0.29, 0.717) is 6.07 Å². The minimum Gasteiger partial charge on any atom is -0.212 e. The molecule has 15 heavy (non-hydrogen) atoms. The summed E-state index contributed by atoms with van der Waals surface area (Å²) in [5.41, 5.74) is -0.793. The van der Waals surface area contributed by atoms with Crippen LogP contribution in [0.4, 0.5) is 13.2 Å². The van der Waals surface area contributed by atoms with Gasteiger partial charge >= 0.3 is 0 Å². The van der Waals surface area contributed by atoms with Crippen LogP contribution in [0.2, 0.25) is 0 Å². The highest BCUT2D eigenvalue weighted by atomic mass is 79.9. The topological polar surface area (TPSA) is 34.1 Å². The molecule has 0 aliphatic rings. The van der Waals surface area contributed by atoms with Crippen molar-refractivity contribution in [2.75, 3.05) is 0 Å². The maximum atomic E-state index is 13.2. The Morgan fingerprint density at radius 2 is 1.80 bits per heavy atom. The normalized spacial score (nSPS) is 11.8. The highest BCUT2D eigenvalue weighted by molar-refractivity contribution is 9.10. The van der Waals surface area contributed by atoms with E-state index >= 15 is 0 Å². The summed E-state index contributed by atoms with van der Waals surface area (Å²) in [5, 5.41) is 0. The van der Waals surface area contributed by atoms with Crippen molar-refractivity contribution in [2.45, 2.75) is 5.75 Å². The Morgan fingerprint density at radius 1 is 1.27 bits per heavy atom. The van der Waals surface area contributed by atoms with E-state index in [1.165, 1.54) is 0 Å². The Morgan fingerprint density at radius 3 is 2.27 bits per heavy atom. The minimum absolute atomic E-state index is 0.380. The van der Waals surface area contributed by atoms with Crippen LogP contribution in [0, 0.1) is 17.5 Å². The van der Waals surface area contributed by atoms with Crippen LogP contribution in [-0.2, 0) is 14.8 Å². The zero-order valence-electron chi connectivity index (χ0n) is 6.90. The highest BCUT2D eigenvalue weighted by Crippen LogP contribution is 2.27. The highest BCUT2D eigenvalue weighted by Gasteiger charge is 2.21. The number of hydrogen-bond acceptors (Lipinski definition) is 2. The van der Waals surface area contributed by atoms with Gasteiger partial charge < -0.3 is 0 Å². The summed E-state index contributed by atoms with van der Waals surface area (Å²) in [6.07, 6.45) is 0. The third-order valence-electron chi connectivity index (χ3n) is 1.53. The summed E-state index contributed by atoms with van der Waals surface area (Å²) >= 11 is 2.52. The molecule has 0 amide bonds. The van der Waals surface area contributed by atoms with Gasteiger partial charge in [-0.25, -0.2) is 21.6 Å². The molecule has 1 aromatic rings. The molecule has 0 fully saturated rings. The first-order valence-electron chi connectivity index (χ1n) is 3.46. The van der Waals surface area contributed by atoms with Gasteiger partial charge in [-0.3, -0.25) is 0 Å². The van der Waals surface area contributed by atoms with Gasteiger partial charge in [-0.15, -0.1) is 0 Å². The van der Waals surface area contributed by atoms with Gasteiger partial charge in [0, 0.05) is 22.3 Å². The zero-order chi connectivity index (χ0) is 11.8. The smallest absolute Gasteiger partial charge is 0.212 e. The second kappa shape index (κ2) is 4.31. The quantitative estimate of drug-likeness (QED) is 0.476. The van der Waals surface area contributed by atoms with Gasteiger partial charge in [-0.1, -0.05) is 0 Å². The van der Waals surface area contributed by atoms with Crippen molar-refractivity contribution in [3.05, 3.63) is 33.6 Å². The summed E-state index contributed by atoms with van der Waals surface area (Å²) < 4.78 is 59.6. The van der Waals surface area contributed by atoms with Gasteiger partial charge in [-0.2, -0.15) is 0 Å². The van der Waals surface area contributed by atoms with Crippen LogP contribution in [0.3, 0.4) is 0 Å². The Labute approximate surface area is 96.6 Å². The van der Waals surface area contributed by atoms with Crippen LogP contribution in [0.5, 0.6) is 0 Å². The second-order valence-corrected chi connectivity index (χ2v) is 6.20. The van der Waals surface area contributed by atoms with Crippen LogP contribution < -0.4 is 0 Å². The Kier molecular flexibility index (Phi) is 3.67. The van der Waals surface area contributed by atoms with E-state index in [2.05, 4.69) is 15.9 Å². The van der Waals surface area contributed by atoms with Crippen LogP contribution in [0.25, 0.3) is 0 Å². The summed E-state index contributed by atoms with van der Waals surface area (Å²) in [6.45, 7) is 0. The van der Waals surface area contributed by atoms with Crippen LogP contribution in [-0.4, -0.2) is 8.42 Å². The molecule has 0 aromatic heterocycles. The van der Waals surface area contributed by atoms with Crippen molar-refractivity contribution in [1.82, 2.24) is 0 Å². The molecule has 1 aromatic carbocycles. The van der Waals surface area contributed by atoms with Crippen molar-refractivity contribution in [3.8, 4) is 0 Å². The fraction of sp³-hybridized carbons (Fsp3) is 0.143. The molecule has 0 N–H and O–H groups in total. The Balaban J connectivity index is 3.37. The maximum Gasteiger partial charge on any atom is 0.236 e. The third-order valence-corrected chi connectivity index (χ3v) is 3.21. The molecule has 84 valence electrons. The van der Waals surface area contributed by atoms with E-state index in [1.807, 2.05) is 0 Å². The van der Waals surface area contributed by atoms with E-state index in [1.54, 1.807) is 0 Å². The van der Waals surface area contributed by atoms with E-state index in [9.17, 15) is 21.6 Å². The molecule has 0 saturated carbocycles. The third kappa shape index (κ3) is 3.09. The summed E-state index contributed by atoms with van der Waals surface area (Å²) in [5.74, 6) is -4.79. The second-order valence-electron chi connectivity index (χ2n) is 2.63. The number of rotatable bonds is 2. The van der Waals surface area contributed by atoms with E-state index < -0.39 is 42.3 Å². The number of benzene rings is 1. The first-order valence-corrected chi connectivity index (χ1v) is 6.73. The molecular weight excluding hydrogens is 320 g/mol. The molecule has 0 bridgehead atoms. The van der Waals surface area contributed by atoms with E-state index in [-0.39, 0.29) is 0 Å². The summed E-state index contributed by atoms with van der Waals surface area (Å²) in [6, 6.07) is 0.380. The fourth-order valence-corrected chi connectivity index (χ4v) is 2.20. The van der Waals surface area contributed by atoms with Gasteiger partial charge in [0.1, 0.15) is 17.5 Å². The molecule has 0 atom stereocenters. The SMILES string of the molecule is O=S(=O)(Cl)Cc1c(F)cc(F)c(Br)c1F. The molecular formula is C7H3BrClF3O2S. The maximum absolute atomic E-state index is 13.2. The lowest BCUT2D eigenvalue weighted by Gasteiger charge is -2.05. The van der Waals surface area contributed by atoms with Gasteiger partial charge in [0.2, 0.25) is 9.05 Å². The van der Waals surface area contributed by atoms with Crippen LogP contribution in [0.15, 0.2) is 10.5 Å². The fourth-order valence-electron chi connectivity index (χ4n) is 0.909. The lowest BCUT2D eigenvalue weighted by atomic mass is 10.2. The van der Waals surface area contributed by atoms with Gasteiger partial charge in [0.25, 0.3) is 0 Å². The largest absolute Gasteiger partial charge is 0.236 e. The van der Waals surface area contributed by atoms with E-state index in [0.717, 1.165) is 0 Å². The average Bonchev–Trinajstić information content (AvgIpc) is 2.07. The van der Waals surface area contributed by atoms with Crippen molar-refractivity contribution in [2.24, 2.45) is 0 Å². The number of halogens is 5. The van der Waals surface area contributed by atoms with E-state index in [4.69, 9.17) is 10.7 Å². The Bertz CT molecular complexity index is 503. The minimum atomic E-state index is -4.10. The first kappa shape index (κ1) is 12.8. The van der Waals surface area contributed by atoms with Gasteiger partial charge in [0.15, 0.2) is 0 Å². The Hall–Kier alpha value is -0.270. The predicted molar refractivity (Wildman–Crippen MR) is 52.5 cm³/mol. The molecule has 0 spiro atoms. The molecule has 1 rings (SSSR count). The average molecular weight is 324 g/mol. The van der Waals surface area contributed by atoms with Crippen molar-refractivity contribution < 1.29 is 21.6 Å². The van der Waals surface area contributed by atoms with Gasteiger partial charge in [0.05, 0.1) is 10.2 Å². The zero-order valence-corrected chi connectivity index (χ0v) is 10.1. The van der Waals surface area contributed by atoms with Crippen molar-refractivity contribution in [1.29, 1.82) is 0 Å². The summed E-state index contributed by atoms with van der Waals surface area (Å²) in [4.78, 5) is 0. The first-order chi connectivity index (χ1) is 6.72. The standard InChI is InChI=1S/C7H3BrClF3O2S/c8-6-5(11)1-4(10)3(7(6)12)2-15(9,13)14/h1H,2H2. The number of hydrogen-bond donors (Lipinski definition) is 0. The van der Waals surface area contributed by atoms with Crippen LogP contribution >= 0.6 is 26.6 Å². The molecule has 0 radical (unpaired) electrons. The molecule has 8 heteroatoms. The molecule has 0 heterocycles. The lowest BCUT2D eigenvalue weighted by Crippen LogP contribution is -2.04. The lowest BCUT2D eigenvalue weighted by molar-refractivity contribution is 0.520. The molecule has 0 aliphatic heterocycles. The molecule has 0 saturated heterocycles. The summed E-state index contributed by atoms with van der Waals surface area (Å²) in [7, 11) is 0.731. The molecule has 2 nitrogen and oxygen atoms in total. The molecule has 0 aliphatic carbocycles. The molecule has 0 unspecified atom stereocenters. The predicted octanol–water partition coefficient (Wildman–Crippen LogP) is 2.94. The van der Waals surface area contributed by atoms with Crippen molar-refractivity contribution in [3.63, 3.8) is 0 Å². The van der Waals surface area contributed by atoms with Crippen molar-refractivity contribution >= 4 is 35.7 Å².